The van der Waals surface area contributed by atoms with Gasteiger partial charge in [-0.25, -0.2) is 4.39 Å². The predicted octanol–water partition coefficient (Wildman–Crippen LogP) is 1.27. The first-order valence-corrected chi connectivity index (χ1v) is 4.59. The SMILES string of the molecule is NCCC[C@H](N)c1ccc(O)c(F)c1. The van der Waals surface area contributed by atoms with E-state index in [2.05, 4.69) is 0 Å². The van der Waals surface area contributed by atoms with Gasteiger partial charge in [-0.15, -0.1) is 0 Å². The zero-order chi connectivity index (χ0) is 10.6. The Bertz CT molecular complexity index is 304. The highest BCUT2D eigenvalue weighted by Gasteiger charge is 2.08. The van der Waals surface area contributed by atoms with Crippen LogP contribution in [-0.2, 0) is 0 Å². The molecule has 0 aliphatic rings. The first kappa shape index (κ1) is 10.9. The Morgan fingerprint density at radius 3 is 2.71 bits per heavy atom. The summed E-state index contributed by atoms with van der Waals surface area (Å²) < 4.78 is 12.9. The van der Waals surface area contributed by atoms with E-state index in [4.69, 9.17) is 16.6 Å². The minimum absolute atomic E-state index is 0.214. The van der Waals surface area contributed by atoms with E-state index in [0.717, 1.165) is 12.8 Å². The second-order valence-electron chi connectivity index (χ2n) is 3.25. The fourth-order valence-corrected chi connectivity index (χ4v) is 1.26. The number of aromatic hydroxyl groups is 1. The van der Waals surface area contributed by atoms with Gasteiger partial charge in [0.25, 0.3) is 0 Å². The Morgan fingerprint density at radius 2 is 2.14 bits per heavy atom. The molecule has 0 aromatic heterocycles. The molecule has 0 saturated heterocycles. The van der Waals surface area contributed by atoms with Crippen molar-refractivity contribution in [3.05, 3.63) is 29.6 Å². The van der Waals surface area contributed by atoms with Crippen molar-refractivity contribution in [2.75, 3.05) is 6.54 Å². The second-order valence-corrected chi connectivity index (χ2v) is 3.25. The van der Waals surface area contributed by atoms with Crippen LogP contribution in [0.4, 0.5) is 4.39 Å². The van der Waals surface area contributed by atoms with Crippen molar-refractivity contribution in [1.82, 2.24) is 0 Å². The van der Waals surface area contributed by atoms with Gasteiger partial charge in [0.05, 0.1) is 0 Å². The highest BCUT2D eigenvalue weighted by Crippen LogP contribution is 2.21. The molecule has 1 aromatic rings. The van der Waals surface area contributed by atoms with E-state index in [1.807, 2.05) is 0 Å². The second kappa shape index (κ2) is 4.93. The van der Waals surface area contributed by atoms with Gasteiger partial charge in [0.15, 0.2) is 11.6 Å². The van der Waals surface area contributed by atoms with Crippen molar-refractivity contribution in [1.29, 1.82) is 0 Å². The molecule has 0 heterocycles. The molecule has 0 aliphatic heterocycles. The standard InChI is InChI=1S/C10H15FN2O/c11-8-6-7(3-4-10(8)14)9(13)2-1-5-12/h3-4,6,9,14H,1-2,5,12-13H2/t9-/m0/s1. The maximum atomic E-state index is 12.9. The van der Waals surface area contributed by atoms with Gasteiger partial charge in [0.1, 0.15) is 0 Å². The minimum atomic E-state index is -0.634. The molecule has 0 saturated carbocycles. The zero-order valence-electron chi connectivity index (χ0n) is 7.91. The van der Waals surface area contributed by atoms with Crippen molar-refractivity contribution in [3.63, 3.8) is 0 Å². The summed E-state index contributed by atoms with van der Waals surface area (Å²) in [6, 6.07) is 3.98. The average Bonchev–Trinajstić information content (AvgIpc) is 2.18. The van der Waals surface area contributed by atoms with Gasteiger partial charge < -0.3 is 16.6 Å². The predicted molar refractivity (Wildman–Crippen MR) is 53.3 cm³/mol. The summed E-state index contributed by atoms with van der Waals surface area (Å²) in [5.74, 6) is -0.981. The number of phenolic OH excluding ortho intramolecular Hbond substituents is 1. The lowest BCUT2D eigenvalue weighted by atomic mass is 10.0. The van der Waals surface area contributed by atoms with Gasteiger partial charge >= 0.3 is 0 Å². The number of phenols is 1. The normalized spacial score (nSPS) is 12.8. The molecule has 1 aromatic carbocycles. The molecular weight excluding hydrogens is 183 g/mol. The van der Waals surface area contributed by atoms with Gasteiger partial charge in [0.2, 0.25) is 0 Å². The summed E-state index contributed by atoms with van der Waals surface area (Å²) in [5, 5.41) is 8.97. The molecular formula is C10H15FN2O. The van der Waals surface area contributed by atoms with Crippen LogP contribution in [0, 0.1) is 5.82 Å². The summed E-state index contributed by atoms with van der Waals surface area (Å²) in [6.45, 7) is 0.578. The third-order valence-electron chi connectivity index (χ3n) is 2.12. The van der Waals surface area contributed by atoms with Crippen LogP contribution in [0.2, 0.25) is 0 Å². The van der Waals surface area contributed by atoms with Gasteiger partial charge in [-0.3, -0.25) is 0 Å². The van der Waals surface area contributed by atoms with E-state index >= 15 is 0 Å². The topological polar surface area (TPSA) is 72.3 Å². The monoisotopic (exact) mass is 198 g/mol. The summed E-state index contributed by atoms with van der Waals surface area (Å²) in [5.41, 5.74) is 11.8. The van der Waals surface area contributed by atoms with Gasteiger partial charge in [-0.2, -0.15) is 0 Å². The molecule has 0 bridgehead atoms. The summed E-state index contributed by atoms with van der Waals surface area (Å²) in [6.07, 6.45) is 1.53. The number of hydrogen-bond donors (Lipinski definition) is 3. The zero-order valence-corrected chi connectivity index (χ0v) is 7.91. The minimum Gasteiger partial charge on any atom is -0.505 e. The van der Waals surface area contributed by atoms with Gasteiger partial charge in [-0.1, -0.05) is 6.07 Å². The third-order valence-corrected chi connectivity index (χ3v) is 2.12. The summed E-state index contributed by atoms with van der Waals surface area (Å²) in [7, 11) is 0. The van der Waals surface area contributed by atoms with Gasteiger partial charge in [-0.05, 0) is 37.1 Å². The van der Waals surface area contributed by atoms with Crippen LogP contribution in [0.15, 0.2) is 18.2 Å². The van der Waals surface area contributed by atoms with Crippen molar-refractivity contribution in [2.45, 2.75) is 18.9 Å². The number of halogens is 1. The molecule has 4 heteroatoms. The number of rotatable bonds is 4. The molecule has 0 fully saturated rings. The molecule has 0 spiro atoms. The molecule has 78 valence electrons. The molecule has 3 nitrogen and oxygen atoms in total. The largest absolute Gasteiger partial charge is 0.505 e. The lowest BCUT2D eigenvalue weighted by Crippen LogP contribution is -2.12. The number of benzene rings is 1. The molecule has 5 N–H and O–H groups in total. The third kappa shape index (κ3) is 2.68. The fourth-order valence-electron chi connectivity index (χ4n) is 1.26. The van der Waals surface area contributed by atoms with Crippen LogP contribution in [0.25, 0.3) is 0 Å². The van der Waals surface area contributed by atoms with Gasteiger partial charge in [0, 0.05) is 6.04 Å². The smallest absolute Gasteiger partial charge is 0.165 e. The lowest BCUT2D eigenvalue weighted by Gasteiger charge is -2.11. The van der Waals surface area contributed by atoms with Crippen LogP contribution in [0.5, 0.6) is 5.75 Å². The summed E-state index contributed by atoms with van der Waals surface area (Å²) in [4.78, 5) is 0. The van der Waals surface area contributed by atoms with Crippen LogP contribution in [-0.4, -0.2) is 11.7 Å². The maximum absolute atomic E-state index is 12.9. The molecule has 0 amide bonds. The van der Waals surface area contributed by atoms with E-state index in [1.165, 1.54) is 12.1 Å². The summed E-state index contributed by atoms with van der Waals surface area (Å²) >= 11 is 0. The van der Waals surface area contributed by atoms with Crippen molar-refractivity contribution < 1.29 is 9.50 Å². The van der Waals surface area contributed by atoms with Crippen LogP contribution < -0.4 is 11.5 Å². The molecule has 0 unspecified atom stereocenters. The first-order chi connectivity index (χ1) is 6.65. The number of hydrogen-bond acceptors (Lipinski definition) is 3. The Hall–Kier alpha value is -1.13. The van der Waals surface area contributed by atoms with Crippen LogP contribution in [0.3, 0.4) is 0 Å². The Labute approximate surface area is 82.5 Å². The van der Waals surface area contributed by atoms with E-state index in [0.29, 0.717) is 12.1 Å². The fraction of sp³-hybridized carbons (Fsp3) is 0.400. The molecule has 0 radical (unpaired) electrons. The van der Waals surface area contributed by atoms with Crippen LogP contribution >= 0.6 is 0 Å². The quantitative estimate of drug-likeness (QED) is 0.682. The van der Waals surface area contributed by atoms with Crippen molar-refractivity contribution >= 4 is 0 Å². The highest BCUT2D eigenvalue weighted by atomic mass is 19.1. The van der Waals surface area contributed by atoms with E-state index in [-0.39, 0.29) is 11.8 Å². The first-order valence-electron chi connectivity index (χ1n) is 4.59. The Balaban J connectivity index is 2.70. The maximum Gasteiger partial charge on any atom is 0.165 e. The highest BCUT2D eigenvalue weighted by molar-refractivity contribution is 5.29. The van der Waals surface area contributed by atoms with Crippen molar-refractivity contribution in [2.24, 2.45) is 11.5 Å². The Kier molecular flexibility index (Phi) is 3.85. The van der Waals surface area contributed by atoms with E-state index in [1.54, 1.807) is 6.07 Å². The number of nitrogens with two attached hydrogens (primary N) is 2. The van der Waals surface area contributed by atoms with E-state index in [9.17, 15) is 4.39 Å². The molecule has 1 atom stereocenters. The van der Waals surface area contributed by atoms with E-state index < -0.39 is 5.82 Å². The molecule has 0 aliphatic carbocycles. The lowest BCUT2D eigenvalue weighted by molar-refractivity contribution is 0.431. The molecule has 14 heavy (non-hydrogen) atoms. The molecule has 1 rings (SSSR count). The van der Waals surface area contributed by atoms with Crippen molar-refractivity contribution in [3.8, 4) is 5.75 Å². The average molecular weight is 198 g/mol. The Morgan fingerprint density at radius 1 is 1.43 bits per heavy atom. The van der Waals surface area contributed by atoms with Crippen LogP contribution in [0.1, 0.15) is 24.4 Å².